The number of thiazole rings is 1. The Morgan fingerprint density at radius 2 is 2.00 bits per heavy atom. The van der Waals surface area contributed by atoms with Crippen LogP contribution < -0.4 is 5.32 Å². The van der Waals surface area contributed by atoms with Gasteiger partial charge in [0.2, 0.25) is 0 Å². The number of hydrogen-bond donors (Lipinski definition) is 1. The summed E-state index contributed by atoms with van der Waals surface area (Å²) in [5.41, 5.74) is 2.40. The van der Waals surface area contributed by atoms with Crippen LogP contribution in [0.25, 0.3) is 16.4 Å². The molecule has 7 heteroatoms. The van der Waals surface area contributed by atoms with E-state index < -0.39 is 0 Å². The molecule has 4 aromatic rings. The number of nitrogens with one attached hydrogen (secondary N) is 1. The molecule has 6 nitrogen and oxygen atoms in total. The van der Waals surface area contributed by atoms with E-state index in [1.165, 1.54) is 11.3 Å². The topological polar surface area (TPSA) is 72.7 Å². The van der Waals surface area contributed by atoms with Crippen LogP contribution in [0.5, 0.6) is 0 Å². The van der Waals surface area contributed by atoms with Gasteiger partial charge in [0.15, 0.2) is 0 Å². The van der Waals surface area contributed by atoms with Crippen LogP contribution in [-0.2, 0) is 6.54 Å². The third-order valence-electron chi connectivity index (χ3n) is 4.09. The van der Waals surface area contributed by atoms with Gasteiger partial charge >= 0.3 is 0 Å². The molecular weight excluding hydrogens is 358 g/mol. The SMILES string of the molecule is Cc1nccn1-c1cc(CNC(=O)c2csc(-c3ccccc3)n2)ccn1. The number of nitrogens with zero attached hydrogens (tertiary/aromatic N) is 4. The standard InChI is InChI=1S/C20H17N5OS/c1-14-21-9-10-25(14)18-11-15(7-8-22-18)12-23-19(26)17-13-27-20(24-17)16-5-3-2-4-6-16/h2-11,13H,12H2,1H3,(H,23,26). The monoisotopic (exact) mass is 375 g/mol. The lowest BCUT2D eigenvalue weighted by atomic mass is 10.2. The van der Waals surface area contributed by atoms with E-state index in [4.69, 9.17) is 0 Å². The number of benzene rings is 1. The van der Waals surface area contributed by atoms with E-state index in [0.717, 1.165) is 27.8 Å². The smallest absolute Gasteiger partial charge is 0.271 e. The molecule has 0 radical (unpaired) electrons. The van der Waals surface area contributed by atoms with Crippen LogP contribution in [0.15, 0.2) is 66.4 Å². The molecule has 27 heavy (non-hydrogen) atoms. The first-order chi connectivity index (χ1) is 13.2. The van der Waals surface area contributed by atoms with E-state index in [0.29, 0.717) is 12.2 Å². The van der Waals surface area contributed by atoms with Crippen LogP contribution in [0.4, 0.5) is 0 Å². The van der Waals surface area contributed by atoms with Gasteiger partial charge in [-0.15, -0.1) is 11.3 Å². The fraction of sp³-hybridized carbons (Fsp3) is 0.100. The highest BCUT2D eigenvalue weighted by molar-refractivity contribution is 7.13. The second-order valence-corrected chi connectivity index (χ2v) is 6.81. The van der Waals surface area contributed by atoms with Crippen molar-refractivity contribution in [1.29, 1.82) is 0 Å². The van der Waals surface area contributed by atoms with Gasteiger partial charge in [-0.3, -0.25) is 9.36 Å². The summed E-state index contributed by atoms with van der Waals surface area (Å²) < 4.78 is 1.90. The number of carbonyl (C=O) groups is 1. The van der Waals surface area contributed by atoms with Gasteiger partial charge in [0.1, 0.15) is 22.3 Å². The minimum atomic E-state index is -0.189. The predicted octanol–water partition coefficient (Wildman–Crippen LogP) is 3.63. The van der Waals surface area contributed by atoms with Gasteiger partial charge in [-0.2, -0.15) is 0 Å². The Kier molecular flexibility index (Phi) is 4.76. The van der Waals surface area contributed by atoms with Crippen molar-refractivity contribution in [2.45, 2.75) is 13.5 Å². The Balaban J connectivity index is 1.44. The van der Waals surface area contributed by atoms with Gasteiger partial charge in [0, 0.05) is 36.1 Å². The summed E-state index contributed by atoms with van der Waals surface area (Å²) in [7, 11) is 0. The third kappa shape index (κ3) is 3.78. The number of amides is 1. The predicted molar refractivity (Wildman–Crippen MR) is 105 cm³/mol. The van der Waals surface area contributed by atoms with E-state index in [-0.39, 0.29) is 5.91 Å². The molecule has 0 saturated heterocycles. The van der Waals surface area contributed by atoms with Crippen molar-refractivity contribution in [1.82, 2.24) is 24.8 Å². The minimum absolute atomic E-state index is 0.189. The van der Waals surface area contributed by atoms with Crippen molar-refractivity contribution in [3.8, 4) is 16.4 Å². The lowest BCUT2D eigenvalue weighted by Gasteiger charge is -2.07. The number of pyridine rings is 1. The van der Waals surface area contributed by atoms with Gasteiger partial charge in [0.05, 0.1) is 0 Å². The Labute approximate surface area is 160 Å². The largest absolute Gasteiger partial charge is 0.347 e. The molecule has 1 aromatic carbocycles. The van der Waals surface area contributed by atoms with Crippen molar-refractivity contribution in [3.05, 3.63) is 83.5 Å². The summed E-state index contributed by atoms with van der Waals surface area (Å²) in [6.45, 7) is 2.32. The van der Waals surface area contributed by atoms with Crippen molar-refractivity contribution in [2.75, 3.05) is 0 Å². The number of aryl methyl sites for hydroxylation is 1. The van der Waals surface area contributed by atoms with Gasteiger partial charge in [-0.1, -0.05) is 30.3 Å². The molecule has 4 rings (SSSR count). The molecule has 134 valence electrons. The molecule has 3 aromatic heterocycles. The molecular formula is C20H17N5OS. The molecule has 0 aliphatic heterocycles. The van der Waals surface area contributed by atoms with Crippen LogP contribution in [0.1, 0.15) is 21.9 Å². The average Bonchev–Trinajstić information content (AvgIpc) is 3.36. The van der Waals surface area contributed by atoms with Crippen LogP contribution in [0.2, 0.25) is 0 Å². The van der Waals surface area contributed by atoms with Crippen LogP contribution in [-0.4, -0.2) is 25.4 Å². The highest BCUT2D eigenvalue weighted by Gasteiger charge is 2.12. The Morgan fingerprint density at radius 3 is 2.78 bits per heavy atom. The van der Waals surface area contributed by atoms with Gasteiger partial charge in [0.25, 0.3) is 5.91 Å². The summed E-state index contributed by atoms with van der Waals surface area (Å²) in [5.74, 6) is 1.45. The summed E-state index contributed by atoms with van der Waals surface area (Å²) in [5, 5.41) is 5.54. The lowest BCUT2D eigenvalue weighted by Crippen LogP contribution is -2.23. The molecule has 0 aliphatic rings. The van der Waals surface area contributed by atoms with Gasteiger partial charge < -0.3 is 5.32 Å². The molecule has 1 N–H and O–H groups in total. The summed E-state index contributed by atoms with van der Waals surface area (Å²) in [6.07, 6.45) is 5.32. The van der Waals surface area contributed by atoms with E-state index in [9.17, 15) is 4.79 Å². The van der Waals surface area contributed by atoms with E-state index >= 15 is 0 Å². The maximum atomic E-state index is 12.4. The fourth-order valence-corrected chi connectivity index (χ4v) is 3.49. The zero-order valence-corrected chi connectivity index (χ0v) is 15.5. The van der Waals surface area contributed by atoms with E-state index in [1.54, 1.807) is 17.8 Å². The number of hydrogen-bond acceptors (Lipinski definition) is 5. The van der Waals surface area contributed by atoms with Crippen molar-refractivity contribution in [2.24, 2.45) is 0 Å². The molecule has 1 amide bonds. The molecule has 0 saturated carbocycles. The van der Waals surface area contributed by atoms with E-state index in [1.807, 2.05) is 60.2 Å². The molecule has 0 spiro atoms. The van der Waals surface area contributed by atoms with Crippen molar-refractivity contribution >= 4 is 17.2 Å². The van der Waals surface area contributed by atoms with Crippen LogP contribution in [0, 0.1) is 6.92 Å². The summed E-state index contributed by atoms with van der Waals surface area (Å²) >= 11 is 1.46. The lowest BCUT2D eigenvalue weighted by molar-refractivity contribution is 0.0946. The Hall–Kier alpha value is -3.32. The first kappa shape index (κ1) is 17.1. The van der Waals surface area contributed by atoms with Gasteiger partial charge in [-0.25, -0.2) is 15.0 Å². The molecule has 0 aliphatic carbocycles. The number of imidazole rings is 1. The molecule has 0 fully saturated rings. The van der Waals surface area contributed by atoms with Crippen LogP contribution >= 0.6 is 11.3 Å². The first-order valence-electron chi connectivity index (χ1n) is 8.45. The second kappa shape index (κ2) is 7.51. The third-order valence-corrected chi connectivity index (χ3v) is 4.98. The quantitative estimate of drug-likeness (QED) is 0.578. The second-order valence-electron chi connectivity index (χ2n) is 5.95. The average molecular weight is 375 g/mol. The normalized spacial score (nSPS) is 10.7. The summed E-state index contributed by atoms with van der Waals surface area (Å²) in [4.78, 5) is 25.5. The van der Waals surface area contributed by atoms with Crippen molar-refractivity contribution in [3.63, 3.8) is 0 Å². The number of rotatable bonds is 5. The highest BCUT2D eigenvalue weighted by Crippen LogP contribution is 2.23. The molecule has 0 unspecified atom stereocenters. The number of aromatic nitrogens is 4. The molecule has 0 atom stereocenters. The maximum Gasteiger partial charge on any atom is 0.271 e. The molecule has 0 bridgehead atoms. The Morgan fingerprint density at radius 1 is 1.15 bits per heavy atom. The van der Waals surface area contributed by atoms with Crippen LogP contribution in [0.3, 0.4) is 0 Å². The summed E-state index contributed by atoms with van der Waals surface area (Å²) in [6, 6.07) is 13.7. The zero-order chi connectivity index (χ0) is 18.6. The van der Waals surface area contributed by atoms with Gasteiger partial charge in [-0.05, 0) is 24.6 Å². The van der Waals surface area contributed by atoms with E-state index in [2.05, 4.69) is 20.3 Å². The fourth-order valence-electron chi connectivity index (χ4n) is 2.69. The Bertz CT molecular complexity index is 1070. The number of carbonyl (C=O) groups excluding carboxylic acids is 1. The first-order valence-corrected chi connectivity index (χ1v) is 9.33. The molecule has 3 heterocycles. The zero-order valence-electron chi connectivity index (χ0n) is 14.7. The minimum Gasteiger partial charge on any atom is -0.347 e. The maximum absolute atomic E-state index is 12.4. The van der Waals surface area contributed by atoms with Crippen molar-refractivity contribution < 1.29 is 4.79 Å². The highest BCUT2D eigenvalue weighted by atomic mass is 32.1.